The quantitative estimate of drug-likeness (QED) is 0.807. The lowest BCUT2D eigenvalue weighted by atomic mass is 10.1. The molecule has 0 saturated heterocycles. The third-order valence-corrected chi connectivity index (χ3v) is 3.36. The molecule has 5 heteroatoms. The number of nitrogens with one attached hydrogen (secondary N) is 1. The van der Waals surface area contributed by atoms with E-state index in [0.717, 1.165) is 16.7 Å². The Bertz CT molecular complexity index is 291. The van der Waals surface area contributed by atoms with E-state index >= 15 is 0 Å². The van der Waals surface area contributed by atoms with Crippen LogP contribution in [0.3, 0.4) is 0 Å². The highest BCUT2D eigenvalue weighted by atomic mass is 32.2. The molecule has 1 rings (SSSR count). The molecule has 0 fully saturated rings. The zero-order valence-corrected chi connectivity index (χ0v) is 11.5. The van der Waals surface area contributed by atoms with Gasteiger partial charge in [-0.25, -0.2) is 4.98 Å². The van der Waals surface area contributed by atoms with Gasteiger partial charge in [-0.3, -0.25) is 0 Å². The van der Waals surface area contributed by atoms with E-state index < -0.39 is 0 Å². The topological polar surface area (TPSA) is 37.8 Å². The summed E-state index contributed by atoms with van der Waals surface area (Å²) in [7, 11) is 0. The third-order valence-electron chi connectivity index (χ3n) is 1.53. The number of hydrogen-bond donors (Lipinski definition) is 1. The highest BCUT2D eigenvalue weighted by Crippen LogP contribution is 2.19. The van der Waals surface area contributed by atoms with Crippen molar-refractivity contribution in [1.29, 1.82) is 0 Å². The molecule has 1 heterocycles. The molecule has 0 aromatic carbocycles. The number of rotatable bonds is 5. The average Bonchev–Trinajstić information content (AvgIpc) is 2.50. The molecule has 0 bridgehead atoms. The molecule has 0 aliphatic heterocycles. The predicted molar refractivity (Wildman–Crippen MR) is 69.7 cm³/mol. The van der Waals surface area contributed by atoms with Crippen molar-refractivity contribution in [2.24, 2.45) is 0 Å². The van der Waals surface area contributed by atoms with Crippen LogP contribution in [0.5, 0.6) is 0 Å². The second kappa shape index (κ2) is 5.70. The number of nitrogens with zero attached hydrogens (tertiary/aromatic N) is 2. The van der Waals surface area contributed by atoms with Gasteiger partial charge in [0.05, 0.1) is 5.75 Å². The molecule has 0 radical (unpaired) electrons. The van der Waals surface area contributed by atoms with Gasteiger partial charge in [0, 0.05) is 17.1 Å². The Balaban J connectivity index is 2.42. The van der Waals surface area contributed by atoms with E-state index in [1.54, 1.807) is 0 Å². The minimum atomic E-state index is 0.0629. The first-order valence-corrected chi connectivity index (χ1v) is 7.12. The van der Waals surface area contributed by atoms with Crippen LogP contribution in [0.25, 0.3) is 0 Å². The molecule has 0 spiro atoms. The fourth-order valence-electron chi connectivity index (χ4n) is 0.992. The zero-order valence-electron chi connectivity index (χ0n) is 9.83. The Kier molecular flexibility index (Phi) is 4.86. The average molecular weight is 245 g/mol. The van der Waals surface area contributed by atoms with Gasteiger partial charge in [0.1, 0.15) is 0 Å². The van der Waals surface area contributed by atoms with Crippen LogP contribution >= 0.6 is 23.3 Å². The van der Waals surface area contributed by atoms with Crippen molar-refractivity contribution in [3.63, 3.8) is 0 Å². The number of thioether (sulfide) groups is 1. The molecule has 0 amide bonds. The van der Waals surface area contributed by atoms with Crippen molar-refractivity contribution in [3.8, 4) is 0 Å². The lowest BCUT2D eigenvalue weighted by Gasteiger charge is -2.18. The Hall–Kier alpha value is -0.290. The molecule has 86 valence electrons. The number of aromatic nitrogens is 2. The summed E-state index contributed by atoms with van der Waals surface area (Å²) in [5.74, 6) is 3.06. The lowest BCUT2D eigenvalue weighted by molar-refractivity contribution is 0.633. The van der Waals surface area contributed by atoms with E-state index in [9.17, 15) is 0 Å². The third kappa shape index (κ3) is 5.37. The standard InChI is InChI=1S/C10H19N3S2/c1-5-6-14-7-8-11-9(15-13-8)12-10(2,3)4/h5-7H2,1-4H3,(H,11,12,13). The van der Waals surface area contributed by atoms with Crippen LogP contribution in [0.4, 0.5) is 5.13 Å². The molecule has 0 atom stereocenters. The first-order valence-electron chi connectivity index (χ1n) is 5.20. The Morgan fingerprint density at radius 1 is 1.40 bits per heavy atom. The Morgan fingerprint density at radius 2 is 2.13 bits per heavy atom. The summed E-state index contributed by atoms with van der Waals surface area (Å²) in [6.45, 7) is 8.56. The highest BCUT2D eigenvalue weighted by Gasteiger charge is 2.12. The van der Waals surface area contributed by atoms with Gasteiger partial charge in [-0.15, -0.1) is 0 Å². The van der Waals surface area contributed by atoms with E-state index in [0.29, 0.717) is 0 Å². The maximum atomic E-state index is 4.44. The van der Waals surface area contributed by atoms with Crippen LogP contribution in [0, 0.1) is 0 Å². The van der Waals surface area contributed by atoms with E-state index in [2.05, 4.69) is 42.4 Å². The van der Waals surface area contributed by atoms with Crippen molar-refractivity contribution >= 4 is 28.4 Å². The van der Waals surface area contributed by atoms with Gasteiger partial charge in [-0.1, -0.05) is 6.92 Å². The SMILES string of the molecule is CCCSCc1nsc(NC(C)(C)C)n1. The molecule has 0 saturated carbocycles. The van der Waals surface area contributed by atoms with Crippen molar-refractivity contribution in [2.75, 3.05) is 11.1 Å². The maximum absolute atomic E-state index is 4.44. The summed E-state index contributed by atoms with van der Waals surface area (Å²) in [5.41, 5.74) is 0.0629. The van der Waals surface area contributed by atoms with Crippen LogP contribution in [-0.4, -0.2) is 20.6 Å². The van der Waals surface area contributed by atoms with Crippen molar-refractivity contribution in [2.45, 2.75) is 45.4 Å². The van der Waals surface area contributed by atoms with Gasteiger partial charge in [0.2, 0.25) is 5.13 Å². The molecule has 1 N–H and O–H groups in total. The summed E-state index contributed by atoms with van der Waals surface area (Å²) in [4.78, 5) is 4.44. The minimum absolute atomic E-state index is 0.0629. The van der Waals surface area contributed by atoms with E-state index in [1.807, 2.05) is 11.8 Å². The number of hydrogen-bond acceptors (Lipinski definition) is 5. The molecule has 15 heavy (non-hydrogen) atoms. The molecule has 1 aromatic heterocycles. The van der Waals surface area contributed by atoms with Gasteiger partial charge in [0.15, 0.2) is 5.82 Å². The first-order chi connectivity index (χ1) is 7.01. The van der Waals surface area contributed by atoms with E-state index in [-0.39, 0.29) is 5.54 Å². The van der Waals surface area contributed by atoms with Crippen LogP contribution in [0.1, 0.15) is 39.9 Å². The predicted octanol–water partition coefficient (Wildman–Crippen LogP) is 3.39. The maximum Gasteiger partial charge on any atom is 0.203 e. The highest BCUT2D eigenvalue weighted by molar-refractivity contribution is 7.98. The fraction of sp³-hybridized carbons (Fsp3) is 0.800. The summed E-state index contributed by atoms with van der Waals surface area (Å²) in [6, 6.07) is 0. The molecule has 0 aliphatic carbocycles. The van der Waals surface area contributed by atoms with Crippen LogP contribution in [-0.2, 0) is 5.75 Å². The second-order valence-corrected chi connectivity index (χ2v) is 6.30. The largest absolute Gasteiger partial charge is 0.356 e. The van der Waals surface area contributed by atoms with Gasteiger partial charge >= 0.3 is 0 Å². The molecular formula is C10H19N3S2. The molecule has 3 nitrogen and oxygen atoms in total. The van der Waals surface area contributed by atoms with Crippen molar-refractivity contribution < 1.29 is 0 Å². The van der Waals surface area contributed by atoms with E-state index in [1.165, 1.54) is 23.7 Å². The minimum Gasteiger partial charge on any atom is -0.356 e. The summed E-state index contributed by atoms with van der Waals surface area (Å²) in [6.07, 6.45) is 1.21. The Morgan fingerprint density at radius 3 is 2.73 bits per heavy atom. The monoisotopic (exact) mass is 245 g/mol. The zero-order chi connectivity index (χ0) is 11.3. The molecular weight excluding hydrogens is 226 g/mol. The Labute approximate surface area is 100 Å². The van der Waals surface area contributed by atoms with Crippen LogP contribution in [0.2, 0.25) is 0 Å². The first kappa shape index (κ1) is 12.8. The van der Waals surface area contributed by atoms with Crippen molar-refractivity contribution in [1.82, 2.24) is 9.36 Å². The van der Waals surface area contributed by atoms with Crippen LogP contribution < -0.4 is 5.32 Å². The van der Waals surface area contributed by atoms with Gasteiger partial charge < -0.3 is 5.32 Å². The summed E-state index contributed by atoms with van der Waals surface area (Å²) >= 11 is 3.34. The summed E-state index contributed by atoms with van der Waals surface area (Å²) in [5, 5.41) is 4.25. The molecule has 0 aliphatic rings. The fourth-order valence-corrected chi connectivity index (χ4v) is 2.61. The second-order valence-electron chi connectivity index (χ2n) is 4.44. The lowest BCUT2D eigenvalue weighted by Crippen LogP contribution is -2.25. The van der Waals surface area contributed by atoms with Gasteiger partial charge in [-0.2, -0.15) is 16.1 Å². The normalized spacial score (nSPS) is 11.7. The molecule has 1 aromatic rings. The van der Waals surface area contributed by atoms with Gasteiger partial charge in [0.25, 0.3) is 0 Å². The van der Waals surface area contributed by atoms with E-state index in [4.69, 9.17) is 0 Å². The van der Waals surface area contributed by atoms with Gasteiger partial charge in [-0.05, 0) is 32.9 Å². The van der Waals surface area contributed by atoms with Crippen LogP contribution in [0.15, 0.2) is 0 Å². The summed E-state index contributed by atoms with van der Waals surface area (Å²) < 4.78 is 4.32. The van der Waals surface area contributed by atoms with Crippen molar-refractivity contribution in [3.05, 3.63) is 5.82 Å². The number of anilines is 1. The smallest absolute Gasteiger partial charge is 0.203 e. The molecule has 0 unspecified atom stereocenters.